The Balaban J connectivity index is 2.32. The van der Waals surface area contributed by atoms with Crippen molar-refractivity contribution in [2.75, 3.05) is 5.43 Å². The van der Waals surface area contributed by atoms with Crippen molar-refractivity contribution in [1.29, 1.82) is 0 Å². The highest BCUT2D eigenvalue weighted by atomic mass is 32.2. The molecule has 0 aliphatic rings. The number of nitrogen functional groups attached to an aromatic ring is 1. The Kier molecular flexibility index (Phi) is 4.94. The third-order valence-electron chi connectivity index (χ3n) is 2.96. The van der Waals surface area contributed by atoms with E-state index in [1.807, 2.05) is 31.4 Å². The summed E-state index contributed by atoms with van der Waals surface area (Å²) in [4.78, 5) is 5.12. The van der Waals surface area contributed by atoms with Gasteiger partial charge in [0.25, 0.3) is 0 Å². The molecule has 0 radical (unpaired) electrons. The number of anilines is 1. The van der Waals surface area contributed by atoms with Crippen LogP contribution in [0.15, 0.2) is 40.7 Å². The fourth-order valence-electron chi connectivity index (χ4n) is 1.85. The van der Waals surface area contributed by atoms with Gasteiger partial charge < -0.3 is 5.43 Å². The molecule has 21 heavy (non-hydrogen) atoms. The number of thiophene rings is 1. The molecule has 0 saturated heterocycles. The van der Waals surface area contributed by atoms with Crippen molar-refractivity contribution >= 4 is 27.2 Å². The first-order chi connectivity index (χ1) is 9.95. The fourth-order valence-corrected chi connectivity index (χ4v) is 4.20. The van der Waals surface area contributed by atoms with Crippen molar-refractivity contribution in [3.05, 3.63) is 40.7 Å². The summed E-state index contributed by atoms with van der Waals surface area (Å²) in [6.45, 7) is 4.07. The van der Waals surface area contributed by atoms with Crippen LogP contribution in [0.1, 0.15) is 18.7 Å². The van der Waals surface area contributed by atoms with Crippen LogP contribution in [-0.2, 0) is 16.6 Å². The van der Waals surface area contributed by atoms with Gasteiger partial charge in [-0.25, -0.2) is 19.2 Å². The Morgan fingerprint density at radius 2 is 2.14 bits per heavy atom. The highest BCUT2D eigenvalue weighted by molar-refractivity contribution is 7.89. The third kappa shape index (κ3) is 3.59. The zero-order valence-corrected chi connectivity index (χ0v) is 13.5. The van der Waals surface area contributed by atoms with Crippen LogP contribution in [-0.4, -0.2) is 23.7 Å². The van der Waals surface area contributed by atoms with Crippen molar-refractivity contribution in [2.45, 2.75) is 31.3 Å². The Labute approximate surface area is 128 Å². The molecule has 0 saturated carbocycles. The largest absolute Gasteiger partial charge is 0.308 e. The van der Waals surface area contributed by atoms with E-state index in [0.717, 1.165) is 4.88 Å². The Morgan fingerprint density at radius 3 is 2.62 bits per heavy atom. The van der Waals surface area contributed by atoms with Crippen molar-refractivity contribution < 1.29 is 8.42 Å². The van der Waals surface area contributed by atoms with Gasteiger partial charge in [-0.2, -0.15) is 4.31 Å². The maximum atomic E-state index is 12.7. The van der Waals surface area contributed by atoms with Crippen molar-refractivity contribution in [3.8, 4) is 0 Å². The summed E-state index contributed by atoms with van der Waals surface area (Å²) in [7, 11) is -3.59. The lowest BCUT2D eigenvalue weighted by atomic mass is 10.4. The molecule has 0 amide bonds. The minimum atomic E-state index is -3.59. The van der Waals surface area contributed by atoms with Crippen molar-refractivity contribution in [1.82, 2.24) is 9.29 Å². The molecule has 6 nitrogen and oxygen atoms in total. The van der Waals surface area contributed by atoms with Crippen LogP contribution < -0.4 is 11.3 Å². The molecule has 2 heterocycles. The monoisotopic (exact) mass is 326 g/mol. The van der Waals surface area contributed by atoms with E-state index in [1.165, 1.54) is 34.0 Å². The number of rotatable bonds is 6. The standard InChI is InChI=1S/C13H18N4O2S2/c1-10(2)17(9-11-4-3-7-20-11)21(18,19)12-5-6-13(16-14)15-8-12/h3-8,10H,9,14H2,1-2H3,(H,15,16). The second-order valence-electron chi connectivity index (χ2n) is 4.75. The molecule has 0 unspecified atom stereocenters. The maximum Gasteiger partial charge on any atom is 0.245 e. The van der Waals surface area contributed by atoms with E-state index < -0.39 is 10.0 Å². The van der Waals surface area contributed by atoms with E-state index in [4.69, 9.17) is 5.84 Å². The van der Waals surface area contributed by atoms with Gasteiger partial charge in [-0.1, -0.05) is 6.07 Å². The van der Waals surface area contributed by atoms with Gasteiger partial charge in [0.05, 0.1) is 0 Å². The summed E-state index contributed by atoms with van der Waals surface area (Å²) in [5.41, 5.74) is 2.38. The molecule has 2 aromatic rings. The van der Waals surface area contributed by atoms with Gasteiger partial charge in [0.15, 0.2) is 0 Å². The van der Waals surface area contributed by atoms with Crippen LogP contribution >= 0.6 is 11.3 Å². The smallest absolute Gasteiger partial charge is 0.245 e. The first-order valence-electron chi connectivity index (χ1n) is 6.42. The number of nitrogens with zero attached hydrogens (tertiary/aromatic N) is 2. The van der Waals surface area contributed by atoms with E-state index in [1.54, 1.807) is 0 Å². The predicted molar refractivity (Wildman–Crippen MR) is 84.2 cm³/mol. The Bertz CT molecular complexity index is 667. The Hall–Kier alpha value is -1.48. The van der Waals surface area contributed by atoms with Crippen LogP contribution in [0, 0.1) is 0 Å². The molecule has 0 aromatic carbocycles. The van der Waals surface area contributed by atoms with Crippen molar-refractivity contribution in [3.63, 3.8) is 0 Å². The number of sulfonamides is 1. The summed E-state index contributed by atoms with van der Waals surface area (Å²) < 4.78 is 26.9. The molecule has 8 heteroatoms. The first-order valence-corrected chi connectivity index (χ1v) is 8.74. The number of nitrogens with one attached hydrogen (secondary N) is 1. The molecule has 2 aromatic heterocycles. The normalized spacial score (nSPS) is 12.0. The summed E-state index contributed by atoms with van der Waals surface area (Å²) in [5, 5.41) is 1.93. The van der Waals surface area contributed by atoms with E-state index in [0.29, 0.717) is 12.4 Å². The Morgan fingerprint density at radius 1 is 1.38 bits per heavy atom. The lowest BCUT2D eigenvalue weighted by Crippen LogP contribution is -2.36. The molecule has 0 spiro atoms. The third-order valence-corrected chi connectivity index (χ3v) is 5.83. The molecular weight excluding hydrogens is 308 g/mol. The zero-order chi connectivity index (χ0) is 15.5. The van der Waals surface area contributed by atoms with Crippen LogP contribution in [0.25, 0.3) is 0 Å². The van der Waals surface area contributed by atoms with E-state index >= 15 is 0 Å². The van der Waals surface area contributed by atoms with Crippen molar-refractivity contribution in [2.24, 2.45) is 5.84 Å². The van der Waals surface area contributed by atoms with Gasteiger partial charge >= 0.3 is 0 Å². The van der Waals surface area contributed by atoms with Crippen LogP contribution in [0.4, 0.5) is 5.82 Å². The second-order valence-corrected chi connectivity index (χ2v) is 7.67. The average Bonchev–Trinajstić information content (AvgIpc) is 2.97. The number of hydrazine groups is 1. The number of aromatic nitrogens is 1. The molecular formula is C13H18N4O2S2. The SMILES string of the molecule is CC(C)N(Cc1cccs1)S(=O)(=O)c1ccc(NN)nc1. The predicted octanol–water partition coefficient (Wildman–Crippen LogP) is 2.03. The number of nitrogens with two attached hydrogens (primary N) is 1. The molecule has 0 bridgehead atoms. The maximum absolute atomic E-state index is 12.7. The molecule has 0 aliphatic heterocycles. The number of hydrogen-bond donors (Lipinski definition) is 2. The lowest BCUT2D eigenvalue weighted by molar-refractivity contribution is 0.350. The zero-order valence-electron chi connectivity index (χ0n) is 11.9. The lowest BCUT2D eigenvalue weighted by Gasteiger charge is -2.25. The quantitative estimate of drug-likeness (QED) is 0.626. The van der Waals surface area contributed by atoms with Gasteiger partial charge in [0.2, 0.25) is 10.0 Å². The topological polar surface area (TPSA) is 88.3 Å². The summed E-state index contributed by atoms with van der Waals surface area (Å²) in [6, 6.07) is 6.73. The van der Waals surface area contributed by atoms with Crippen LogP contribution in [0.3, 0.4) is 0 Å². The van der Waals surface area contributed by atoms with Gasteiger partial charge in [-0.05, 0) is 37.4 Å². The molecule has 3 N–H and O–H groups in total. The molecule has 0 aliphatic carbocycles. The minimum absolute atomic E-state index is 0.149. The average molecular weight is 326 g/mol. The minimum Gasteiger partial charge on any atom is -0.308 e. The van der Waals surface area contributed by atoms with Gasteiger partial charge in [0, 0.05) is 23.7 Å². The molecule has 114 valence electrons. The molecule has 2 rings (SSSR count). The number of pyridine rings is 1. The highest BCUT2D eigenvalue weighted by Gasteiger charge is 2.27. The second kappa shape index (κ2) is 6.52. The number of hydrogen-bond acceptors (Lipinski definition) is 6. The van der Waals surface area contributed by atoms with E-state index in [-0.39, 0.29) is 10.9 Å². The molecule has 0 fully saturated rings. The highest BCUT2D eigenvalue weighted by Crippen LogP contribution is 2.22. The summed E-state index contributed by atoms with van der Waals surface area (Å²) >= 11 is 1.54. The summed E-state index contributed by atoms with van der Waals surface area (Å²) in [6.07, 6.45) is 1.31. The van der Waals surface area contributed by atoms with Crippen LogP contribution in [0.2, 0.25) is 0 Å². The van der Waals surface area contributed by atoms with E-state index in [9.17, 15) is 8.42 Å². The van der Waals surface area contributed by atoms with Crippen LogP contribution in [0.5, 0.6) is 0 Å². The summed E-state index contributed by atoms with van der Waals surface area (Å²) in [5.74, 6) is 5.66. The molecule has 0 atom stereocenters. The van der Waals surface area contributed by atoms with E-state index in [2.05, 4.69) is 10.4 Å². The fraction of sp³-hybridized carbons (Fsp3) is 0.308. The van der Waals surface area contributed by atoms with Gasteiger partial charge in [-0.15, -0.1) is 11.3 Å². The first kappa shape index (κ1) is 15.9. The van der Waals surface area contributed by atoms with Gasteiger partial charge in [-0.3, -0.25) is 0 Å². The van der Waals surface area contributed by atoms with Gasteiger partial charge in [0.1, 0.15) is 10.7 Å².